The zero-order valence-electron chi connectivity index (χ0n) is 16.8. The number of morpholine rings is 1. The number of hydrogen-bond acceptors (Lipinski definition) is 7. The van der Waals surface area contributed by atoms with Crippen molar-refractivity contribution in [2.45, 2.75) is 30.8 Å². The van der Waals surface area contributed by atoms with Gasteiger partial charge < -0.3 is 34.8 Å². The van der Waals surface area contributed by atoms with E-state index in [-0.39, 0.29) is 24.8 Å². The average Bonchev–Trinajstić information content (AvgIpc) is 3.00. The predicted molar refractivity (Wildman–Crippen MR) is 106 cm³/mol. The van der Waals surface area contributed by atoms with Crippen molar-refractivity contribution < 1.29 is 29.3 Å². The van der Waals surface area contributed by atoms with Crippen molar-refractivity contribution >= 4 is 17.5 Å². The molecule has 2 heterocycles. The summed E-state index contributed by atoms with van der Waals surface area (Å²) < 4.78 is 10.9. The van der Waals surface area contributed by atoms with Gasteiger partial charge in [-0.25, -0.2) is 0 Å². The molecule has 0 aliphatic carbocycles. The number of nitrogens with zero attached hydrogens (tertiary/aromatic N) is 2. The summed E-state index contributed by atoms with van der Waals surface area (Å²) in [5, 5.41) is 23.2. The minimum atomic E-state index is -1.18. The number of nitrogens with one attached hydrogen (secondary N) is 1. The van der Waals surface area contributed by atoms with Crippen LogP contribution in [0, 0.1) is 0 Å². The smallest absolute Gasteiger partial charge is 0.251 e. The largest absolute Gasteiger partial charge is 0.388 e. The molecule has 1 aromatic carbocycles. The molecule has 1 aromatic rings. The molecule has 9 heteroatoms. The van der Waals surface area contributed by atoms with Crippen molar-refractivity contribution in [3.63, 3.8) is 0 Å². The topological polar surface area (TPSA) is 112 Å². The third-order valence-corrected chi connectivity index (χ3v) is 5.31. The summed E-state index contributed by atoms with van der Waals surface area (Å²) in [5.74, 6) is -0.441. The number of hydrogen-bond donors (Lipinski definition) is 3. The lowest BCUT2D eigenvalue weighted by atomic mass is 10.0. The summed E-state index contributed by atoms with van der Waals surface area (Å²) in [6.07, 6.45) is -3.96. The van der Waals surface area contributed by atoms with Crippen LogP contribution >= 0.6 is 0 Å². The van der Waals surface area contributed by atoms with Crippen LogP contribution in [0.15, 0.2) is 24.3 Å². The number of benzene rings is 1. The van der Waals surface area contributed by atoms with Crippen molar-refractivity contribution in [1.29, 1.82) is 0 Å². The van der Waals surface area contributed by atoms with Gasteiger partial charge in [-0.15, -0.1) is 0 Å². The molecule has 0 bridgehead atoms. The fourth-order valence-corrected chi connectivity index (χ4v) is 3.48. The van der Waals surface area contributed by atoms with Gasteiger partial charge in [0.25, 0.3) is 5.91 Å². The Labute approximate surface area is 170 Å². The number of aliphatic hydroxyl groups is 2. The highest BCUT2D eigenvalue weighted by atomic mass is 16.5. The highest BCUT2D eigenvalue weighted by Crippen LogP contribution is 2.24. The highest BCUT2D eigenvalue weighted by molar-refractivity contribution is 5.94. The van der Waals surface area contributed by atoms with Crippen LogP contribution in [0.5, 0.6) is 0 Å². The summed E-state index contributed by atoms with van der Waals surface area (Å²) in [7, 11) is 3.83. The van der Waals surface area contributed by atoms with Crippen molar-refractivity contribution in [1.82, 2.24) is 10.2 Å². The van der Waals surface area contributed by atoms with E-state index < -0.39 is 24.4 Å². The van der Waals surface area contributed by atoms with E-state index >= 15 is 0 Å². The van der Waals surface area contributed by atoms with Gasteiger partial charge in [0.2, 0.25) is 5.91 Å². The number of anilines is 1. The Kier molecular flexibility index (Phi) is 7.07. The molecule has 0 aromatic heterocycles. The Morgan fingerprint density at radius 3 is 2.34 bits per heavy atom. The fourth-order valence-electron chi connectivity index (χ4n) is 3.48. The van der Waals surface area contributed by atoms with Crippen LogP contribution in [0.25, 0.3) is 0 Å². The van der Waals surface area contributed by atoms with Crippen molar-refractivity contribution in [2.75, 3.05) is 51.8 Å². The monoisotopic (exact) mass is 407 g/mol. The zero-order valence-corrected chi connectivity index (χ0v) is 16.8. The predicted octanol–water partition coefficient (Wildman–Crippen LogP) is -0.779. The molecule has 0 saturated carbocycles. The first kappa shape index (κ1) is 21.5. The molecule has 3 rings (SSSR count). The van der Waals surface area contributed by atoms with Crippen molar-refractivity contribution in [3.05, 3.63) is 29.8 Å². The van der Waals surface area contributed by atoms with Crippen LogP contribution in [0.2, 0.25) is 0 Å². The SMILES string of the molecule is CN(C)c1ccc(C(=O)NC[C@@H]2O[C@@H](CC(=O)N3CCOCC3)[C@H](O)[C@@H]2O)cc1. The standard InChI is InChI=1S/C20H29N3O6/c1-22(2)14-5-3-13(4-6-14)20(27)21-12-16-19(26)18(25)15(29-16)11-17(24)23-7-9-28-10-8-23/h3-6,15-16,18-19,25-26H,7-12H2,1-2H3,(H,21,27)/t15-,16-,18-,19+/m0/s1. The van der Waals surface area contributed by atoms with E-state index in [1.165, 1.54) is 0 Å². The van der Waals surface area contributed by atoms with E-state index in [4.69, 9.17) is 9.47 Å². The van der Waals surface area contributed by atoms with Crippen molar-refractivity contribution in [3.8, 4) is 0 Å². The second kappa shape index (κ2) is 9.53. The second-order valence-electron chi connectivity index (χ2n) is 7.54. The minimum Gasteiger partial charge on any atom is -0.388 e. The van der Waals surface area contributed by atoms with Gasteiger partial charge in [-0.1, -0.05) is 0 Å². The Hall–Kier alpha value is -2.20. The summed E-state index contributed by atoms with van der Waals surface area (Å²) in [4.78, 5) is 28.3. The number of amides is 2. The lowest BCUT2D eigenvalue weighted by Gasteiger charge is -2.28. The Morgan fingerprint density at radius 2 is 1.72 bits per heavy atom. The average molecular weight is 407 g/mol. The molecule has 2 aliphatic heterocycles. The van der Waals surface area contributed by atoms with E-state index in [2.05, 4.69) is 5.32 Å². The highest BCUT2D eigenvalue weighted by Gasteiger charge is 2.43. The normalized spacial score (nSPS) is 27.0. The molecular formula is C20H29N3O6. The molecule has 4 atom stereocenters. The maximum atomic E-state index is 12.4. The number of rotatable bonds is 6. The first-order valence-electron chi connectivity index (χ1n) is 9.79. The van der Waals surface area contributed by atoms with Crippen LogP contribution in [0.3, 0.4) is 0 Å². The van der Waals surface area contributed by atoms with E-state index in [0.717, 1.165) is 5.69 Å². The molecule has 9 nitrogen and oxygen atoms in total. The molecular weight excluding hydrogens is 378 g/mol. The van der Waals surface area contributed by atoms with Gasteiger partial charge in [0, 0.05) is 45.0 Å². The number of ether oxygens (including phenoxy) is 2. The Balaban J connectivity index is 1.50. The van der Waals surface area contributed by atoms with Gasteiger partial charge >= 0.3 is 0 Å². The quantitative estimate of drug-likeness (QED) is 0.567. The summed E-state index contributed by atoms with van der Waals surface area (Å²) in [5.41, 5.74) is 1.47. The first-order chi connectivity index (χ1) is 13.9. The molecule has 29 heavy (non-hydrogen) atoms. The second-order valence-corrected chi connectivity index (χ2v) is 7.54. The first-order valence-corrected chi connectivity index (χ1v) is 9.79. The van der Waals surface area contributed by atoms with Crippen LogP contribution in [-0.4, -0.2) is 98.3 Å². The maximum Gasteiger partial charge on any atom is 0.251 e. The lowest BCUT2D eigenvalue weighted by molar-refractivity contribution is -0.139. The van der Waals surface area contributed by atoms with Gasteiger partial charge in [0.1, 0.15) is 18.3 Å². The molecule has 2 saturated heterocycles. The number of carbonyl (C=O) groups excluding carboxylic acids is 2. The minimum absolute atomic E-state index is 0.0192. The number of aliphatic hydroxyl groups excluding tert-OH is 2. The van der Waals surface area contributed by atoms with Gasteiger partial charge in [0.05, 0.1) is 25.7 Å². The summed E-state index contributed by atoms with van der Waals surface area (Å²) in [6.45, 7) is 2.04. The number of carbonyl (C=O) groups is 2. The Bertz CT molecular complexity index is 705. The van der Waals surface area contributed by atoms with Crippen LogP contribution in [0.1, 0.15) is 16.8 Å². The third-order valence-electron chi connectivity index (χ3n) is 5.31. The van der Waals surface area contributed by atoms with E-state index in [0.29, 0.717) is 31.9 Å². The molecule has 2 amide bonds. The fraction of sp³-hybridized carbons (Fsp3) is 0.600. The molecule has 0 radical (unpaired) electrons. The molecule has 3 N–H and O–H groups in total. The zero-order chi connectivity index (χ0) is 21.0. The molecule has 0 unspecified atom stereocenters. The molecule has 160 valence electrons. The van der Waals surface area contributed by atoms with Crippen LogP contribution in [-0.2, 0) is 14.3 Å². The van der Waals surface area contributed by atoms with E-state index in [1.54, 1.807) is 17.0 Å². The van der Waals surface area contributed by atoms with E-state index in [1.807, 2.05) is 31.1 Å². The van der Waals surface area contributed by atoms with Crippen LogP contribution < -0.4 is 10.2 Å². The van der Waals surface area contributed by atoms with Gasteiger partial charge in [-0.05, 0) is 24.3 Å². The van der Waals surface area contributed by atoms with Crippen molar-refractivity contribution in [2.24, 2.45) is 0 Å². The molecule has 2 fully saturated rings. The Morgan fingerprint density at radius 1 is 1.10 bits per heavy atom. The lowest BCUT2D eigenvalue weighted by Crippen LogP contribution is -2.43. The van der Waals surface area contributed by atoms with Gasteiger partial charge in [0.15, 0.2) is 0 Å². The molecule has 0 spiro atoms. The molecule has 2 aliphatic rings. The van der Waals surface area contributed by atoms with Crippen LogP contribution in [0.4, 0.5) is 5.69 Å². The summed E-state index contributed by atoms with van der Waals surface area (Å²) >= 11 is 0. The van der Waals surface area contributed by atoms with Gasteiger partial charge in [-0.3, -0.25) is 9.59 Å². The van der Waals surface area contributed by atoms with E-state index in [9.17, 15) is 19.8 Å². The summed E-state index contributed by atoms with van der Waals surface area (Å²) in [6, 6.07) is 7.12. The maximum absolute atomic E-state index is 12.4. The third kappa shape index (κ3) is 5.24. The van der Waals surface area contributed by atoms with Gasteiger partial charge in [-0.2, -0.15) is 0 Å².